The van der Waals surface area contributed by atoms with Crippen molar-refractivity contribution in [2.24, 2.45) is 35.1 Å². The molecule has 2 aromatic rings. The average Bonchev–Trinajstić information content (AvgIpc) is 0.707. The summed E-state index contributed by atoms with van der Waals surface area (Å²) in [5.74, 6) is -6.14. The van der Waals surface area contributed by atoms with E-state index in [2.05, 4.69) is 91.9 Å². The fraction of sp³-hybridized carbons (Fsp3) is 0.349. The average molecular weight is 1380 g/mol. The van der Waals surface area contributed by atoms with E-state index in [1.165, 1.54) is 49.2 Å². The van der Waals surface area contributed by atoms with Crippen molar-refractivity contribution in [1.29, 1.82) is 0 Å². The number of likely N-dealkylation sites (N-methyl/N-ethyl adjacent to an activating group) is 2. The van der Waals surface area contributed by atoms with Crippen LogP contribution in [0.2, 0.25) is 0 Å². The quantitative estimate of drug-likeness (QED) is 0.0435. The topological polar surface area (TPSA) is 415 Å². The van der Waals surface area contributed by atoms with Gasteiger partial charge in [-0.3, -0.25) is 38.6 Å². The van der Waals surface area contributed by atoms with Crippen LogP contribution in [-0.2, 0) is 61.7 Å². The van der Waals surface area contributed by atoms with E-state index in [1.807, 2.05) is 6.92 Å². The summed E-state index contributed by atoms with van der Waals surface area (Å²) in [6, 6.07) is 3.58. The number of aromatic hydroxyl groups is 2. The molecule has 8 atom stereocenters. The number of nitrogens with zero attached hydrogens (tertiary/aromatic N) is 2. The van der Waals surface area contributed by atoms with Crippen LogP contribution in [0, 0.1) is 54.8 Å². The van der Waals surface area contributed by atoms with E-state index in [0.717, 1.165) is 18.1 Å². The molecule has 0 heterocycles. The number of hydrogen-bond acceptors (Lipinski definition) is 20. The minimum Gasteiger partial charge on any atom is -0.508 e. The van der Waals surface area contributed by atoms with Crippen molar-refractivity contribution < 1.29 is 86.5 Å². The first-order valence-corrected chi connectivity index (χ1v) is 33.2. The van der Waals surface area contributed by atoms with E-state index in [-0.39, 0.29) is 79.9 Å². The normalized spacial score (nSPS) is 21.8. The van der Waals surface area contributed by atoms with Gasteiger partial charge in [0.2, 0.25) is 31.6 Å². The van der Waals surface area contributed by atoms with Crippen LogP contribution in [0.25, 0.3) is 11.5 Å². The standard InChI is InChI=1S/C25H27N3O9S.C22H24N2O7.C11H4.C4H7NO2S.CH4.B11/c1-28(2)19-14-10-12-9-13-11(5-4-8-27-38(3,36)37)6-7-15(29)17(13)20(30)16(12)22(32)25(14,35)23(33)18(21(19)31)24(26)34;1-8-4-5-12(25)14-10(8)6-9-7-11-16(24(2)3)18(27)15(21(23)30)20(29)22(11,31)19(28)13(9)17(14)26;1-3-5-7-9-11-10-8-6-4-2;1-3-4-5-8(2,6)7;;1-7-10(6)11(8(2)3)9(4)5/h6-7,12,14,19,27,29-30,33,35H,8-10H2,1-3H3,(H2,26,34);4-5,9,11,16,25-26,29,31H,6-7H2,1-3H3,(H2,23,30);1-2H2;1,5H,4H2,2H3;1H4;/t12-,14-,19-,25-;9-,11-,16-,22-;;;;/m00..../s1. The highest BCUT2D eigenvalue weighted by Gasteiger charge is 2.66. The zero-order valence-corrected chi connectivity index (χ0v) is 56.5. The van der Waals surface area contributed by atoms with Gasteiger partial charge in [-0.1, -0.05) is 42.7 Å². The van der Waals surface area contributed by atoms with Crippen molar-refractivity contribution in [3.8, 4) is 35.7 Å². The van der Waals surface area contributed by atoms with E-state index in [0.29, 0.717) is 23.1 Å². The lowest BCUT2D eigenvalue weighted by Gasteiger charge is -2.50. The Morgan fingerprint density at radius 2 is 1.03 bits per heavy atom. The number of phenolic OH excluding ortho intramolecular Hbond substituents is 2. The molecule has 0 saturated heterocycles. The van der Waals surface area contributed by atoms with Crippen LogP contribution in [0.5, 0.6) is 11.5 Å². The lowest BCUT2D eigenvalue weighted by atomic mass is 8.56. The molecule has 2 amide bonds. The van der Waals surface area contributed by atoms with Gasteiger partial charge in [-0.15, -0.1) is 6.42 Å². The van der Waals surface area contributed by atoms with Crippen molar-refractivity contribution in [2.75, 3.05) is 53.8 Å². The zero-order valence-electron chi connectivity index (χ0n) is 54.9. The van der Waals surface area contributed by atoms with Gasteiger partial charge in [0, 0.05) is 108 Å². The highest BCUT2D eigenvalue weighted by Crippen LogP contribution is 2.55. The Morgan fingerprint density at radius 1 is 0.660 bits per heavy atom. The lowest BCUT2D eigenvalue weighted by Crippen LogP contribution is -2.65. The van der Waals surface area contributed by atoms with Crippen LogP contribution in [0.3, 0.4) is 0 Å². The summed E-state index contributed by atoms with van der Waals surface area (Å²) in [4.78, 5) is 80.2. The second-order valence-corrected chi connectivity index (χ2v) is 27.3. The number of carbonyl (C=O) groups is 6. The number of aryl methyl sites for hydroxylation is 1. The Balaban J connectivity index is 0.000000371. The van der Waals surface area contributed by atoms with Gasteiger partial charge < -0.3 is 52.3 Å². The molecule has 0 aliphatic heterocycles. The van der Waals surface area contributed by atoms with Gasteiger partial charge in [0.25, 0.3) is 11.8 Å². The Kier molecular flexibility index (Phi) is 30.2. The molecule has 0 bridgehead atoms. The number of ketones is 4. The number of fused-ring (bicyclic) bond motifs is 6. The van der Waals surface area contributed by atoms with Gasteiger partial charge in [-0.2, -0.15) is 0 Å². The molecule has 24 nitrogen and oxygen atoms in total. The molecule has 0 aromatic heterocycles. The molecule has 14 N–H and O–H groups in total. The molecule has 2 aromatic carbocycles. The van der Waals surface area contributed by atoms with Crippen LogP contribution in [0.15, 0.2) is 123 Å². The van der Waals surface area contributed by atoms with Crippen molar-refractivity contribution in [1.82, 2.24) is 19.2 Å². The first-order chi connectivity index (χ1) is 46.0. The summed E-state index contributed by atoms with van der Waals surface area (Å²) in [7, 11) is 33.1. The van der Waals surface area contributed by atoms with E-state index in [9.17, 15) is 86.5 Å². The second kappa shape index (κ2) is 35.4. The maximum absolute atomic E-state index is 13.8. The number of amides is 2. The zero-order chi connectivity index (χ0) is 75.3. The Labute approximate surface area is 592 Å². The summed E-state index contributed by atoms with van der Waals surface area (Å²) < 4.78 is 47.3. The third kappa shape index (κ3) is 18.7. The molecule has 6 aliphatic rings. The molecule has 2 saturated carbocycles. The smallest absolute Gasteiger partial charge is 0.255 e. The Morgan fingerprint density at radius 3 is 1.36 bits per heavy atom. The first kappa shape index (κ1) is 85.3. The summed E-state index contributed by atoms with van der Waals surface area (Å²) in [6.45, 7) is 8.25. The van der Waals surface area contributed by atoms with Gasteiger partial charge in [0.05, 0.1) is 48.8 Å². The monoisotopic (exact) mass is 1380 g/mol. The number of aliphatic hydroxyl groups excluding tert-OH is 4. The highest BCUT2D eigenvalue weighted by molar-refractivity contribution is 8.02. The third-order valence-corrected chi connectivity index (χ3v) is 18.0. The van der Waals surface area contributed by atoms with E-state index in [1.54, 1.807) is 20.2 Å². The van der Waals surface area contributed by atoms with Crippen LogP contribution in [-0.4, -0.2) is 259 Å². The highest BCUT2D eigenvalue weighted by atomic mass is 32.2. The van der Waals surface area contributed by atoms with Gasteiger partial charge in [0.15, 0.2) is 22.8 Å². The van der Waals surface area contributed by atoms with Gasteiger partial charge >= 0.3 is 0 Å². The fourth-order valence-corrected chi connectivity index (χ4v) is 13.1. The molecular formula is C63H66B11N6O18S2. The molecule has 501 valence electrons. The predicted octanol–water partition coefficient (Wildman–Crippen LogP) is -3.05. The molecule has 13 radical (unpaired) electrons. The largest absolute Gasteiger partial charge is 0.508 e. The number of nitrogens with one attached hydrogen (secondary N) is 2. The van der Waals surface area contributed by atoms with Crippen LogP contribution in [0.4, 0.5) is 0 Å². The first-order valence-electron chi connectivity index (χ1n) is 29.4. The van der Waals surface area contributed by atoms with Crippen molar-refractivity contribution in [3.05, 3.63) is 156 Å². The molecule has 8 rings (SSSR count). The molecule has 100 heavy (non-hydrogen) atoms. The minimum absolute atomic E-state index is 0. The number of nitrogens with two attached hydrogens (primary N) is 2. The number of phenols is 2. The summed E-state index contributed by atoms with van der Waals surface area (Å²) in [6.07, 6.45) is 5.06. The van der Waals surface area contributed by atoms with Crippen LogP contribution < -0.4 is 20.9 Å². The van der Waals surface area contributed by atoms with Gasteiger partial charge in [-0.25, -0.2) is 26.3 Å². The maximum atomic E-state index is 13.8. The molecule has 0 spiro atoms. The van der Waals surface area contributed by atoms with Crippen LogP contribution >= 0.6 is 0 Å². The number of rotatable bonds is 12. The number of Topliss-reactive ketones (excluding diaryl/α,β-unsaturated/α-hetero) is 4. The number of terminal acetylenes is 1. The SMILES string of the molecule is C.C#CCNS(C)(=O)=O.C=C=C=C=C=C=C=C=C=C=C.CN(C)[C@@H]1C(=O)C(C(N)=O)=C(O)[C@@]2(O)C(=O)C3=C(O)c4c(O)ccc(C#CCNS(C)(=O)=O)c4C[C@H]3C[C@@H]12.Cc1ccc(O)c2c1C[C@H]1C[C@H]3[C@H](N(C)C)C(=O)C(C(N)=O)=C(O)[C@@]3(O)C(=O)C1=C2O.[B][B]B([B])B(B([B])[B])B([B])[B]. The number of benzene rings is 2. The van der Waals surface area contributed by atoms with E-state index >= 15 is 0 Å². The Bertz CT molecular complexity index is 4480. The maximum Gasteiger partial charge on any atom is 0.255 e. The number of carbonyl (C=O) groups excluding carboxylic acids is 6. The molecule has 6 aliphatic carbocycles. The van der Waals surface area contributed by atoms with Gasteiger partial charge in [-0.05, 0) is 161 Å². The molecule has 37 heteroatoms. The third-order valence-electron chi connectivity index (χ3n) is 16.6. The molecule has 0 unspecified atom stereocenters. The van der Waals surface area contributed by atoms with Gasteiger partial charge in [0.1, 0.15) is 45.7 Å². The summed E-state index contributed by atoms with van der Waals surface area (Å²) in [5, 5.41) is 87.6. The van der Waals surface area contributed by atoms with E-state index < -0.39 is 155 Å². The minimum atomic E-state index is -3.47. The van der Waals surface area contributed by atoms with E-state index in [4.69, 9.17) is 64.3 Å². The predicted molar refractivity (Wildman–Crippen MR) is 388 cm³/mol. The lowest BCUT2D eigenvalue weighted by molar-refractivity contribution is -0.155. The fourth-order valence-electron chi connectivity index (χ4n) is 12.4. The van der Waals surface area contributed by atoms with Crippen LogP contribution in [0.1, 0.15) is 53.6 Å². The summed E-state index contributed by atoms with van der Waals surface area (Å²) in [5.41, 5.74) is 27.4. The Hall–Kier alpha value is -8.93. The van der Waals surface area contributed by atoms with Crippen molar-refractivity contribution >= 4 is 146 Å². The number of hydrogen-bond donors (Lipinski definition) is 12. The molecular weight excluding hydrogens is 1310 g/mol. The molecule has 2 fully saturated rings. The number of sulfonamides is 2. The number of primary amides is 2. The van der Waals surface area contributed by atoms with Crippen molar-refractivity contribution in [2.45, 2.75) is 63.3 Å². The van der Waals surface area contributed by atoms with Crippen molar-refractivity contribution in [3.63, 3.8) is 0 Å². The second-order valence-electron chi connectivity index (χ2n) is 23.6. The number of aliphatic hydroxyl groups is 6. The summed E-state index contributed by atoms with van der Waals surface area (Å²) >= 11 is 0.